The van der Waals surface area contributed by atoms with Crippen molar-refractivity contribution in [1.29, 1.82) is 0 Å². The number of carbonyl (C=O) groups is 2. The van der Waals surface area contributed by atoms with E-state index >= 15 is 0 Å². The second kappa shape index (κ2) is 5.29. The van der Waals surface area contributed by atoms with Crippen LogP contribution in [0.15, 0.2) is 12.4 Å². The molecule has 88 valence electrons. The van der Waals surface area contributed by atoms with Gasteiger partial charge in [0.25, 0.3) is 5.91 Å². The summed E-state index contributed by atoms with van der Waals surface area (Å²) in [5, 5.41) is 15.2. The molecule has 1 aromatic rings. The van der Waals surface area contributed by atoms with Gasteiger partial charge in [0.15, 0.2) is 0 Å². The van der Waals surface area contributed by atoms with Crippen LogP contribution in [0.3, 0.4) is 0 Å². The van der Waals surface area contributed by atoms with Gasteiger partial charge in [-0.05, 0) is 13.3 Å². The smallest absolute Gasteiger partial charge is 0.326 e. The van der Waals surface area contributed by atoms with Gasteiger partial charge in [-0.15, -0.1) is 0 Å². The first-order chi connectivity index (χ1) is 7.58. The van der Waals surface area contributed by atoms with Crippen LogP contribution in [0, 0.1) is 0 Å². The highest BCUT2D eigenvalue weighted by atomic mass is 16.4. The Kier molecular flexibility index (Phi) is 4.04. The Morgan fingerprint density at radius 2 is 2.25 bits per heavy atom. The van der Waals surface area contributed by atoms with Crippen LogP contribution in [0.5, 0.6) is 0 Å². The van der Waals surface area contributed by atoms with E-state index in [-0.39, 0.29) is 0 Å². The van der Waals surface area contributed by atoms with Crippen LogP contribution in [0.1, 0.15) is 30.6 Å². The maximum absolute atomic E-state index is 11.6. The van der Waals surface area contributed by atoms with Crippen LogP contribution < -0.4 is 5.32 Å². The summed E-state index contributed by atoms with van der Waals surface area (Å²) in [5.41, 5.74) is 0.376. The molecule has 1 atom stereocenters. The molecule has 2 N–H and O–H groups in total. The van der Waals surface area contributed by atoms with E-state index in [4.69, 9.17) is 5.11 Å². The van der Waals surface area contributed by atoms with E-state index in [9.17, 15) is 9.59 Å². The van der Waals surface area contributed by atoms with Gasteiger partial charge in [-0.1, -0.05) is 6.92 Å². The number of rotatable bonds is 5. The van der Waals surface area contributed by atoms with E-state index in [1.165, 1.54) is 6.20 Å². The first kappa shape index (κ1) is 12.2. The summed E-state index contributed by atoms with van der Waals surface area (Å²) in [4.78, 5) is 22.3. The summed E-state index contributed by atoms with van der Waals surface area (Å²) in [5.74, 6) is -1.44. The van der Waals surface area contributed by atoms with E-state index in [2.05, 4.69) is 10.4 Å². The highest BCUT2D eigenvalue weighted by molar-refractivity contribution is 5.96. The first-order valence-corrected chi connectivity index (χ1v) is 5.14. The highest BCUT2D eigenvalue weighted by Crippen LogP contribution is 2.00. The van der Waals surface area contributed by atoms with Crippen molar-refractivity contribution >= 4 is 11.9 Å². The fraction of sp³-hybridized carbons (Fsp3) is 0.500. The number of nitrogens with zero attached hydrogens (tertiary/aromatic N) is 2. The fourth-order valence-electron chi connectivity index (χ4n) is 1.23. The molecule has 6 heteroatoms. The van der Waals surface area contributed by atoms with Crippen molar-refractivity contribution in [2.75, 3.05) is 0 Å². The number of carboxylic acid groups (broad SMARTS) is 1. The highest BCUT2D eigenvalue weighted by Gasteiger charge is 2.19. The molecular weight excluding hydrogens is 210 g/mol. The topological polar surface area (TPSA) is 84.2 Å². The number of amides is 1. The minimum absolute atomic E-state index is 0.350. The van der Waals surface area contributed by atoms with Crippen molar-refractivity contribution in [3.63, 3.8) is 0 Å². The van der Waals surface area contributed by atoms with Crippen molar-refractivity contribution in [3.8, 4) is 0 Å². The minimum atomic E-state index is -1.03. The normalized spacial score (nSPS) is 12.1. The largest absolute Gasteiger partial charge is 0.480 e. The quantitative estimate of drug-likeness (QED) is 0.764. The van der Waals surface area contributed by atoms with Gasteiger partial charge < -0.3 is 10.4 Å². The van der Waals surface area contributed by atoms with E-state index in [0.717, 1.165) is 0 Å². The maximum atomic E-state index is 11.6. The average Bonchev–Trinajstić information content (AvgIpc) is 2.73. The third kappa shape index (κ3) is 2.82. The Hall–Kier alpha value is -1.85. The number of hydrogen-bond acceptors (Lipinski definition) is 3. The van der Waals surface area contributed by atoms with Gasteiger partial charge in [-0.25, -0.2) is 4.79 Å². The number of hydrogen-bond donors (Lipinski definition) is 2. The molecule has 0 aromatic carbocycles. The van der Waals surface area contributed by atoms with Gasteiger partial charge in [0.1, 0.15) is 6.04 Å². The Labute approximate surface area is 93.3 Å². The fourth-order valence-corrected chi connectivity index (χ4v) is 1.23. The predicted molar refractivity (Wildman–Crippen MR) is 57.1 cm³/mol. The average molecular weight is 225 g/mol. The van der Waals surface area contributed by atoms with Gasteiger partial charge in [-0.2, -0.15) is 5.10 Å². The minimum Gasteiger partial charge on any atom is -0.480 e. The molecule has 0 aliphatic carbocycles. The molecule has 0 spiro atoms. The first-order valence-electron chi connectivity index (χ1n) is 5.14. The Bertz CT molecular complexity index is 386. The van der Waals surface area contributed by atoms with E-state index < -0.39 is 17.9 Å². The second-order valence-corrected chi connectivity index (χ2v) is 3.36. The zero-order valence-electron chi connectivity index (χ0n) is 9.30. The molecule has 0 aliphatic rings. The van der Waals surface area contributed by atoms with Gasteiger partial charge in [0, 0.05) is 12.7 Å². The lowest BCUT2D eigenvalue weighted by Crippen LogP contribution is -2.40. The molecule has 16 heavy (non-hydrogen) atoms. The summed E-state index contributed by atoms with van der Waals surface area (Å²) >= 11 is 0. The number of aliphatic carboxylic acids is 1. The molecule has 0 radical (unpaired) electrons. The lowest BCUT2D eigenvalue weighted by atomic mass is 10.2. The maximum Gasteiger partial charge on any atom is 0.326 e. The number of aryl methyl sites for hydroxylation is 1. The Morgan fingerprint density at radius 3 is 2.69 bits per heavy atom. The van der Waals surface area contributed by atoms with Crippen molar-refractivity contribution < 1.29 is 14.7 Å². The van der Waals surface area contributed by atoms with Crippen LogP contribution in [-0.2, 0) is 11.3 Å². The lowest BCUT2D eigenvalue weighted by molar-refractivity contribution is -0.139. The van der Waals surface area contributed by atoms with Crippen LogP contribution in [0.2, 0.25) is 0 Å². The van der Waals surface area contributed by atoms with Crippen LogP contribution >= 0.6 is 0 Å². The molecule has 1 rings (SSSR count). The molecular formula is C10H15N3O3. The number of aromatic nitrogens is 2. The van der Waals surface area contributed by atoms with Crippen LogP contribution in [0.4, 0.5) is 0 Å². The molecule has 0 saturated carbocycles. The predicted octanol–water partition coefficient (Wildman–Crippen LogP) is 0.496. The number of carbonyl (C=O) groups excluding carboxylic acids is 1. The van der Waals surface area contributed by atoms with Crippen molar-refractivity contribution in [2.24, 2.45) is 0 Å². The van der Waals surface area contributed by atoms with Crippen LogP contribution in [-0.4, -0.2) is 32.8 Å². The molecule has 0 aliphatic heterocycles. The summed E-state index contributed by atoms with van der Waals surface area (Å²) in [7, 11) is 0. The zero-order chi connectivity index (χ0) is 12.1. The van der Waals surface area contributed by atoms with Gasteiger partial charge in [0.2, 0.25) is 0 Å². The SMILES string of the molecule is CCC(NC(=O)c1cnn(CC)c1)C(=O)O. The molecule has 1 aromatic heterocycles. The Balaban J connectivity index is 2.67. The zero-order valence-corrected chi connectivity index (χ0v) is 9.30. The van der Waals surface area contributed by atoms with E-state index in [0.29, 0.717) is 18.5 Å². The van der Waals surface area contributed by atoms with Crippen molar-refractivity contribution in [2.45, 2.75) is 32.9 Å². The number of carboxylic acids is 1. The lowest BCUT2D eigenvalue weighted by Gasteiger charge is -2.10. The van der Waals surface area contributed by atoms with Gasteiger partial charge >= 0.3 is 5.97 Å². The third-order valence-corrected chi connectivity index (χ3v) is 2.23. The Morgan fingerprint density at radius 1 is 1.56 bits per heavy atom. The van der Waals surface area contributed by atoms with E-state index in [1.807, 2.05) is 6.92 Å². The second-order valence-electron chi connectivity index (χ2n) is 3.36. The molecule has 0 bridgehead atoms. The molecule has 0 fully saturated rings. The van der Waals surface area contributed by atoms with Crippen molar-refractivity contribution in [3.05, 3.63) is 18.0 Å². The monoisotopic (exact) mass is 225 g/mol. The van der Waals surface area contributed by atoms with Gasteiger partial charge in [0.05, 0.1) is 11.8 Å². The molecule has 1 heterocycles. The summed E-state index contributed by atoms with van der Waals surface area (Å²) in [6.07, 6.45) is 3.36. The molecule has 1 unspecified atom stereocenters. The summed E-state index contributed by atoms with van der Waals surface area (Å²) in [6.45, 7) is 4.28. The summed E-state index contributed by atoms with van der Waals surface area (Å²) in [6, 6.07) is -0.850. The summed E-state index contributed by atoms with van der Waals surface area (Å²) < 4.78 is 1.61. The standard InChI is InChI=1S/C10H15N3O3/c1-3-8(10(15)16)12-9(14)7-5-11-13(4-2)6-7/h5-6,8H,3-4H2,1-2H3,(H,12,14)(H,15,16). The molecule has 6 nitrogen and oxygen atoms in total. The van der Waals surface area contributed by atoms with Gasteiger partial charge in [-0.3, -0.25) is 9.48 Å². The number of nitrogens with one attached hydrogen (secondary N) is 1. The van der Waals surface area contributed by atoms with E-state index in [1.54, 1.807) is 17.8 Å². The third-order valence-electron chi connectivity index (χ3n) is 2.23. The molecule has 1 amide bonds. The van der Waals surface area contributed by atoms with Crippen LogP contribution in [0.25, 0.3) is 0 Å². The molecule has 0 saturated heterocycles. The van der Waals surface area contributed by atoms with Crippen molar-refractivity contribution in [1.82, 2.24) is 15.1 Å².